The van der Waals surface area contributed by atoms with E-state index in [0.29, 0.717) is 6.01 Å². The summed E-state index contributed by atoms with van der Waals surface area (Å²) in [6.07, 6.45) is 1.74. The highest BCUT2D eigenvalue weighted by Gasteiger charge is 2.19. The Hall–Kier alpha value is -1.11. The van der Waals surface area contributed by atoms with Crippen LogP contribution < -0.4 is 11.1 Å². The van der Waals surface area contributed by atoms with Crippen LogP contribution in [0.25, 0.3) is 0 Å². The maximum atomic E-state index is 11.1. The summed E-state index contributed by atoms with van der Waals surface area (Å²) in [7, 11) is -0.645. The maximum Gasteiger partial charge on any atom is 0.317 e. The summed E-state index contributed by atoms with van der Waals surface area (Å²) in [5, 5.41) is 10.3. The number of nitrogens with zero attached hydrogens (tertiary/aromatic N) is 2. The van der Waals surface area contributed by atoms with Gasteiger partial charge in [0.25, 0.3) is 0 Å². The summed E-state index contributed by atoms with van der Waals surface area (Å²) in [5.74, 6) is 1.47. The monoisotopic (exact) mass is 216 g/mol. The molecule has 0 radical (unpaired) electrons. The highest BCUT2D eigenvalue weighted by Crippen LogP contribution is 2.15. The number of rotatable bonds is 2. The second-order valence-electron chi connectivity index (χ2n) is 3.21. The zero-order valence-corrected chi connectivity index (χ0v) is 8.42. The SMILES string of the molecule is Nc1nnc(NC2CCS(=O)CC2)o1. The van der Waals surface area contributed by atoms with Crippen molar-refractivity contribution in [2.45, 2.75) is 18.9 Å². The molecule has 0 unspecified atom stereocenters. The van der Waals surface area contributed by atoms with E-state index in [9.17, 15) is 4.21 Å². The quantitative estimate of drug-likeness (QED) is 0.721. The van der Waals surface area contributed by atoms with Crippen LogP contribution in [-0.2, 0) is 10.8 Å². The van der Waals surface area contributed by atoms with E-state index in [1.807, 2.05) is 0 Å². The second-order valence-corrected chi connectivity index (χ2v) is 4.91. The van der Waals surface area contributed by atoms with Gasteiger partial charge < -0.3 is 15.5 Å². The fourth-order valence-electron chi connectivity index (χ4n) is 1.41. The van der Waals surface area contributed by atoms with Gasteiger partial charge in [0, 0.05) is 28.3 Å². The summed E-state index contributed by atoms with van der Waals surface area (Å²) < 4.78 is 16.1. The summed E-state index contributed by atoms with van der Waals surface area (Å²) in [5.41, 5.74) is 5.28. The van der Waals surface area contributed by atoms with Crippen LogP contribution in [0.4, 0.5) is 12.0 Å². The number of nitrogens with one attached hydrogen (secondary N) is 1. The minimum atomic E-state index is -0.645. The first-order valence-electron chi connectivity index (χ1n) is 4.44. The van der Waals surface area contributed by atoms with Gasteiger partial charge in [-0.15, -0.1) is 0 Å². The van der Waals surface area contributed by atoms with E-state index >= 15 is 0 Å². The summed E-state index contributed by atoms with van der Waals surface area (Å²) in [6.45, 7) is 0. The number of aromatic nitrogens is 2. The Morgan fingerprint density at radius 2 is 2.14 bits per heavy atom. The van der Waals surface area contributed by atoms with E-state index in [0.717, 1.165) is 24.3 Å². The molecule has 3 N–H and O–H groups in total. The number of hydrogen-bond donors (Lipinski definition) is 2. The minimum Gasteiger partial charge on any atom is -0.390 e. The lowest BCUT2D eigenvalue weighted by atomic mass is 10.2. The Kier molecular flexibility index (Phi) is 2.67. The highest BCUT2D eigenvalue weighted by molar-refractivity contribution is 7.85. The van der Waals surface area contributed by atoms with E-state index in [4.69, 9.17) is 10.2 Å². The summed E-state index contributed by atoms with van der Waals surface area (Å²) in [4.78, 5) is 0. The molecule has 1 aliphatic heterocycles. The first kappa shape index (κ1) is 9.45. The molecule has 1 fully saturated rings. The van der Waals surface area contributed by atoms with Gasteiger partial charge in [0.05, 0.1) is 0 Å². The van der Waals surface area contributed by atoms with Gasteiger partial charge in [-0.1, -0.05) is 10.2 Å². The van der Waals surface area contributed by atoms with E-state index in [1.54, 1.807) is 0 Å². The standard InChI is InChI=1S/C7H12N4O2S/c8-6-10-11-7(13-6)9-5-1-3-14(12)4-2-5/h5H,1-4H2,(H2,8,10)(H,9,11). The molecule has 2 rings (SSSR count). The topological polar surface area (TPSA) is 94.0 Å². The van der Waals surface area contributed by atoms with Gasteiger partial charge >= 0.3 is 12.0 Å². The van der Waals surface area contributed by atoms with Crippen molar-refractivity contribution in [3.8, 4) is 0 Å². The first-order valence-corrected chi connectivity index (χ1v) is 5.93. The van der Waals surface area contributed by atoms with Crippen molar-refractivity contribution in [1.29, 1.82) is 0 Å². The lowest BCUT2D eigenvalue weighted by molar-refractivity contribution is 0.554. The van der Waals surface area contributed by atoms with Gasteiger partial charge in [-0.25, -0.2) is 0 Å². The van der Waals surface area contributed by atoms with Crippen molar-refractivity contribution in [3.05, 3.63) is 0 Å². The van der Waals surface area contributed by atoms with Gasteiger partial charge in [-0.3, -0.25) is 4.21 Å². The molecule has 0 saturated carbocycles. The Labute approximate surface area is 83.7 Å². The average molecular weight is 216 g/mol. The van der Waals surface area contributed by atoms with Crippen LogP contribution in [-0.4, -0.2) is 32.0 Å². The fourth-order valence-corrected chi connectivity index (χ4v) is 2.70. The van der Waals surface area contributed by atoms with Crippen molar-refractivity contribution in [3.63, 3.8) is 0 Å². The second kappa shape index (κ2) is 3.95. The largest absolute Gasteiger partial charge is 0.390 e. The van der Waals surface area contributed by atoms with Gasteiger partial charge in [-0.2, -0.15) is 0 Å². The molecule has 0 aromatic carbocycles. The minimum absolute atomic E-state index is 0.0619. The molecule has 14 heavy (non-hydrogen) atoms. The molecule has 6 nitrogen and oxygen atoms in total. The molecule has 1 aliphatic rings. The molecule has 2 heterocycles. The maximum absolute atomic E-state index is 11.1. The molecule has 1 saturated heterocycles. The van der Waals surface area contributed by atoms with Crippen LogP contribution in [0.1, 0.15) is 12.8 Å². The Morgan fingerprint density at radius 3 is 2.71 bits per heavy atom. The lowest BCUT2D eigenvalue weighted by Gasteiger charge is -2.20. The smallest absolute Gasteiger partial charge is 0.317 e. The van der Waals surface area contributed by atoms with E-state index in [1.165, 1.54) is 0 Å². The number of nitrogens with two attached hydrogens (primary N) is 1. The number of nitrogen functional groups attached to an aromatic ring is 1. The fraction of sp³-hybridized carbons (Fsp3) is 0.714. The molecule has 0 amide bonds. The van der Waals surface area contributed by atoms with Crippen LogP contribution in [0.2, 0.25) is 0 Å². The van der Waals surface area contributed by atoms with E-state index in [-0.39, 0.29) is 12.1 Å². The molecule has 0 spiro atoms. The number of anilines is 2. The third-order valence-corrected chi connectivity index (χ3v) is 3.54. The van der Waals surface area contributed by atoms with Gasteiger partial charge in [0.1, 0.15) is 0 Å². The van der Waals surface area contributed by atoms with E-state index < -0.39 is 10.8 Å². The average Bonchev–Trinajstić information content (AvgIpc) is 2.56. The van der Waals surface area contributed by atoms with Crippen molar-refractivity contribution in [1.82, 2.24) is 10.2 Å². The van der Waals surface area contributed by atoms with Crippen LogP contribution in [0.5, 0.6) is 0 Å². The van der Waals surface area contributed by atoms with Crippen molar-refractivity contribution in [2.75, 3.05) is 22.6 Å². The molecule has 0 aliphatic carbocycles. The lowest BCUT2D eigenvalue weighted by Crippen LogP contribution is -2.29. The third kappa shape index (κ3) is 2.22. The zero-order valence-electron chi connectivity index (χ0n) is 7.60. The van der Waals surface area contributed by atoms with Crippen molar-refractivity contribution < 1.29 is 8.63 Å². The third-order valence-electron chi connectivity index (χ3n) is 2.16. The molecule has 7 heteroatoms. The van der Waals surface area contributed by atoms with Crippen LogP contribution >= 0.6 is 0 Å². The Morgan fingerprint density at radius 1 is 1.43 bits per heavy atom. The van der Waals surface area contributed by atoms with Gasteiger partial charge in [-0.05, 0) is 12.8 Å². The molecular weight excluding hydrogens is 204 g/mol. The van der Waals surface area contributed by atoms with Crippen LogP contribution in [0.15, 0.2) is 4.42 Å². The predicted molar refractivity (Wildman–Crippen MR) is 53.2 cm³/mol. The first-order chi connectivity index (χ1) is 6.74. The van der Waals surface area contributed by atoms with Crippen molar-refractivity contribution in [2.24, 2.45) is 0 Å². The summed E-state index contributed by atoms with van der Waals surface area (Å²) >= 11 is 0. The van der Waals surface area contributed by atoms with Gasteiger partial charge in [0.15, 0.2) is 0 Å². The Balaban J connectivity index is 1.89. The normalized spacial score (nSPS) is 27.4. The predicted octanol–water partition coefficient (Wildman–Crippen LogP) is -0.0252. The Bertz CT molecular complexity index is 330. The molecule has 0 atom stereocenters. The molecule has 78 valence electrons. The molecule has 1 aromatic rings. The highest BCUT2D eigenvalue weighted by atomic mass is 32.2. The zero-order chi connectivity index (χ0) is 9.97. The molecule has 1 aromatic heterocycles. The molecule has 0 bridgehead atoms. The number of hydrogen-bond acceptors (Lipinski definition) is 6. The summed E-state index contributed by atoms with van der Waals surface area (Å²) in [6, 6.07) is 0.680. The van der Waals surface area contributed by atoms with Gasteiger partial charge in [0.2, 0.25) is 0 Å². The molecular formula is C7H12N4O2S. The van der Waals surface area contributed by atoms with Crippen LogP contribution in [0, 0.1) is 0 Å². The van der Waals surface area contributed by atoms with Crippen molar-refractivity contribution >= 4 is 22.8 Å². The van der Waals surface area contributed by atoms with Crippen LogP contribution in [0.3, 0.4) is 0 Å². The van der Waals surface area contributed by atoms with E-state index in [2.05, 4.69) is 15.5 Å².